The van der Waals surface area contributed by atoms with Crippen molar-refractivity contribution < 1.29 is 4.79 Å². The smallest absolute Gasteiger partial charge is 0.264 e. The summed E-state index contributed by atoms with van der Waals surface area (Å²) in [5.74, 6) is 1.70. The van der Waals surface area contributed by atoms with Crippen LogP contribution in [0.1, 0.15) is 21.1 Å². The lowest BCUT2D eigenvalue weighted by molar-refractivity contribution is 0.0751. The fraction of sp³-hybridized carbons (Fsp3) is 0.200. The number of hydrogen-bond acceptors (Lipinski definition) is 6. The number of benzene rings is 2. The Morgan fingerprint density at radius 2 is 1.79 bits per heavy atom. The normalized spacial score (nSPS) is 14.3. The molecule has 0 aliphatic carbocycles. The first-order valence-electron chi connectivity index (χ1n) is 11.1. The number of anilines is 1. The van der Waals surface area contributed by atoms with E-state index >= 15 is 0 Å². The maximum Gasteiger partial charge on any atom is 0.264 e. The number of nitrogens with zero attached hydrogens (tertiary/aromatic N) is 6. The molecule has 3 aromatic heterocycles. The van der Waals surface area contributed by atoms with Crippen molar-refractivity contribution in [2.75, 3.05) is 31.1 Å². The molecule has 0 N–H and O–H groups in total. The van der Waals surface area contributed by atoms with Gasteiger partial charge in [0.25, 0.3) is 5.91 Å². The molecular weight excluding hydrogens is 468 g/mol. The molecule has 1 saturated heterocycles. The zero-order chi connectivity index (χ0) is 23.1. The van der Waals surface area contributed by atoms with E-state index in [0.29, 0.717) is 37.6 Å². The second-order valence-corrected chi connectivity index (χ2v) is 9.65. The van der Waals surface area contributed by atoms with Crippen molar-refractivity contribution in [1.82, 2.24) is 24.5 Å². The van der Waals surface area contributed by atoms with Gasteiger partial charge < -0.3 is 9.80 Å². The number of halogens is 1. The first kappa shape index (κ1) is 21.1. The van der Waals surface area contributed by atoms with Gasteiger partial charge in [0.1, 0.15) is 5.82 Å². The number of rotatable bonds is 4. The van der Waals surface area contributed by atoms with Crippen LogP contribution in [0, 0.1) is 0 Å². The number of fused-ring (bicyclic) bond motifs is 3. The van der Waals surface area contributed by atoms with Gasteiger partial charge in [-0.05, 0) is 35.2 Å². The Hall–Kier alpha value is -3.49. The lowest BCUT2D eigenvalue weighted by Gasteiger charge is -2.35. The van der Waals surface area contributed by atoms with Crippen LogP contribution in [0.3, 0.4) is 0 Å². The van der Waals surface area contributed by atoms with Crippen LogP contribution in [0.5, 0.6) is 0 Å². The minimum Gasteiger partial charge on any atom is -0.338 e. The topological polar surface area (TPSA) is 66.6 Å². The van der Waals surface area contributed by atoms with Gasteiger partial charge in [-0.2, -0.15) is 0 Å². The number of aromatic nitrogens is 4. The van der Waals surface area contributed by atoms with Gasteiger partial charge in [0.15, 0.2) is 5.65 Å². The van der Waals surface area contributed by atoms with Crippen LogP contribution in [0.2, 0.25) is 5.02 Å². The molecule has 2 aromatic carbocycles. The Labute approximate surface area is 205 Å². The fourth-order valence-electron chi connectivity index (χ4n) is 4.42. The highest BCUT2D eigenvalue weighted by Gasteiger charge is 2.26. The van der Waals surface area contributed by atoms with Gasteiger partial charge in [0.05, 0.1) is 10.4 Å². The third kappa shape index (κ3) is 3.78. The minimum absolute atomic E-state index is 0.0899. The van der Waals surface area contributed by atoms with Gasteiger partial charge in [-0.25, -0.2) is 9.38 Å². The lowest BCUT2D eigenvalue weighted by atomic mass is 10.1. The average Bonchev–Trinajstić information content (AvgIpc) is 3.55. The van der Waals surface area contributed by atoms with Crippen LogP contribution in [-0.4, -0.2) is 56.6 Å². The van der Waals surface area contributed by atoms with E-state index < -0.39 is 0 Å². The van der Waals surface area contributed by atoms with Crippen LogP contribution < -0.4 is 4.90 Å². The number of thiophene rings is 1. The lowest BCUT2D eigenvalue weighted by Crippen LogP contribution is -2.49. The fourth-order valence-corrected chi connectivity index (χ4v) is 5.27. The van der Waals surface area contributed by atoms with Crippen molar-refractivity contribution in [3.63, 3.8) is 0 Å². The first-order valence-corrected chi connectivity index (χ1v) is 12.4. The first-order chi connectivity index (χ1) is 16.7. The maximum absolute atomic E-state index is 12.8. The Bertz CT molecular complexity index is 1480. The Balaban J connectivity index is 1.39. The summed E-state index contributed by atoms with van der Waals surface area (Å²) in [6.07, 6.45) is 0.645. The van der Waals surface area contributed by atoms with Gasteiger partial charge >= 0.3 is 0 Å². The van der Waals surface area contributed by atoms with Crippen molar-refractivity contribution in [2.45, 2.75) is 6.42 Å². The van der Waals surface area contributed by atoms with E-state index in [1.165, 1.54) is 11.3 Å². The quantitative estimate of drug-likeness (QED) is 0.371. The van der Waals surface area contributed by atoms with Crippen LogP contribution in [0.4, 0.5) is 5.95 Å². The van der Waals surface area contributed by atoms with Crippen molar-refractivity contribution in [1.29, 1.82) is 0 Å². The summed E-state index contributed by atoms with van der Waals surface area (Å²) in [5, 5.41) is 12.6. The van der Waals surface area contributed by atoms with Crippen LogP contribution in [0.25, 0.3) is 16.6 Å². The molecule has 4 heterocycles. The van der Waals surface area contributed by atoms with Crippen molar-refractivity contribution >= 4 is 51.3 Å². The van der Waals surface area contributed by atoms with Gasteiger partial charge in [-0.3, -0.25) is 4.79 Å². The molecule has 1 aliphatic rings. The molecule has 170 valence electrons. The van der Waals surface area contributed by atoms with E-state index in [0.717, 1.165) is 38.8 Å². The molecule has 0 unspecified atom stereocenters. The number of carbonyl (C=O) groups excluding carboxylic acids is 1. The Kier molecular flexibility index (Phi) is 5.39. The highest BCUT2D eigenvalue weighted by Crippen LogP contribution is 2.28. The van der Waals surface area contributed by atoms with E-state index in [1.807, 2.05) is 58.8 Å². The summed E-state index contributed by atoms with van der Waals surface area (Å²) in [4.78, 5) is 22.7. The average molecular weight is 489 g/mol. The van der Waals surface area contributed by atoms with E-state index in [2.05, 4.69) is 31.6 Å². The summed E-state index contributed by atoms with van der Waals surface area (Å²) >= 11 is 7.76. The third-order valence-electron chi connectivity index (χ3n) is 6.14. The zero-order valence-corrected chi connectivity index (χ0v) is 19.8. The molecule has 0 saturated carbocycles. The Morgan fingerprint density at radius 1 is 0.971 bits per heavy atom. The van der Waals surface area contributed by atoms with Gasteiger partial charge in [0.2, 0.25) is 5.95 Å². The van der Waals surface area contributed by atoms with Gasteiger partial charge in [-0.15, -0.1) is 21.5 Å². The second-order valence-electron chi connectivity index (χ2n) is 8.27. The molecule has 6 rings (SSSR count). The molecule has 1 amide bonds. The number of hydrogen-bond donors (Lipinski definition) is 0. The number of piperazine rings is 1. The summed E-state index contributed by atoms with van der Waals surface area (Å²) < 4.78 is 2.06. The zero-order valence-electron chi connectivity index (χ0n) is 18.3. The van der Waals surface area contributed by atoms with Gasteiger partial charge in [0, 0.05) is 43.0 Å². The molecule has 34 heavy (non-hydrogen) atoms. The predicted octanol–water partition coefficient (Wildman–Crippen LogP) is 4.55. The molecule has 7 nitrogen and oxygen atoms in total. The summed E-state index contributed by atoms with van der Waals surface area (Å²) in [5.41, 5.74) is 2.70. The molecule has 0 spiro atoms. The molecular formula is C25H21ClN6OS. The molecule has 5 aromatic rings. The minimum atomic E-state index is 0.0899. The van der Waals surface area contributed by atoms with Crippen LogP contribution in [0.15, 0.2) is 66.0 Å². The third-order valence-corrected chi connectivity index (χ3v) is 7.23. The summed E-state index contributed by atoms with van der Waals surface area (Å²) in [6, 6.07) is 19.7. The molecule has 0 bridgehead atoms. The predicted molar refractivity (Wildman–Crippen MR) is 135 cm³/mol. The highest BCUT2D eigenvalue weighted by molar-refractivity contribution is 7.12. The van der Waals surface area contributed by atoms with E-state index in [-0.39, 0.29) is 5.91 Å². The Morgan fingerprint density at radius 3 is 2.56 bits per heavy atom. The standard InChI is InChI=1S/C25H21ClN6OS/c26-18-8-9-19-20(16-18)27-25(31-12-10-30(11-13-31)24(33)21-7-4-14-34-21)32-22(28-29-23(19)32)15-17-5-2-1-3-6-17/h1-9,14,16H,10-13,15H2. The monoisotopic (exact) mass is 488 g/mol. The molecule has 9 heteroatoms. The second kappa shape index (κ2) is 8.70. The molecule has 1 aliphatic heterocycles. The maximum atomic E-state index is 12.8. The molecule has 1 fully saturated rings. The van der Waals surface area contributed by atoms with E-state index in [4.69, 9.17) is 16.6 Å². The SMILES string of the molecule is O=C(c1cccs1)N1CCN(c2nc3cc(Cl)ccc3c3nnc(Cc4ccccc4)n23)CC1. The van der Waals surface area contributed by atoms with Crippen LogP contribution in [-0.2, 0) is 6.42 Å². The number of amides is 1. The summed E-state index contributed by atoms with van der Waals surface area (Å²) in [6.45, 7) is 2.61. The molecule has 0 radical (unpaired) electrons. The largest absolute Gasteiger partial charge is 0.338 e. The van der Waals surface area contributed by atoms with Crippen molar-refractivity contribution in [2.24, 2.45) is 0 Å². The van der Waals surface area contributed by atoms with Crippen molar-refractivity contribution in [3.05, 3.63) is 87.3 Å². The molecule has 0 atom stereocenters. The highest BCUT2D eigenvalue weighted by atomic mass is 35.5. The van der Waals surface area contributed by atoms with E-state index in [9.17, 15) is 4.79 Å². The van der Waals surface area contributed by atoms with Crippen LogP contribution >= 0.6 is 22.9 Å². The van der Waals surface area contributed by atoms with E-state index in [1.54, 1.807) is 0 Å². The van der Waals surface area contributed by atoms with Gasteiger partial charge in [-0.1, -0.05) is 48.0 Å². The number of carbonyl (C=O) groups is 1. The summed E-state index contributed by atoms with van der Waals surface area (Å²) in [7, 11) is 0. The van der Waals surface area contributed by atoms with Crippen molar-refractivity contribution in [3.8, 4) is 0 Å².